The van der Waals surface area contributed by atoms with Gasteiger partial charge in [-0.3, -0.25) is 9.59 Å². The molecule has 206 valence electrons. The molecule has 0 bridgehead atoms. The van der Waals surface area contributed by atoms with Gasteiger partial charge in [0.25, 0.3) is 5.91 Å². The molecule has 2 aliphatic rings. The van der Waals surface area contributed by atoms with E-state index in [1.807, 2.05) is 35.2 Å². The van der Waals surface area contributed by atoms with Gasteiger partial charge in [0, 0.05) is 46.1 Å². The molecule has 41 heavy (non-hydrogen) atoms. The summed E-state index contributed by atoms with van der Waals surface area (Å²) in [6.45, 7) is 3.53. The lowest BCUT2D eigenvalue weighted by atomic mass is 9.75. The van der Waals surface area contributed by atoms with E-state index >= 15 is 0 Å². The van der Waals surface area contributed by atoms with Crippen molar-refractivity contribution < 1.29 is 19.1 Å². The number of nitrogens with one attached hydrogen (secondary N) is 1. The van der Waals surface area contributed by atoms with Crippen LogP contribution in [0.25, 0.3) is 21.8 Å². The third kappa shape index (κ3) is 3.79. The van der Waals surface area contributed by atoms with Crippen molar-refractivity contribution in [2.45, 2.75) is 31.8 Å². The minimum absolute atomic E-state index is 0.0988. The maximum Gasteiger partial charge on any atom is 0.254 e. The van der Waals surface area contributed by atoms with E-state index in [4.69, 9.17) is 9.47 Å². The second-order valence-corrected chi connectivity index (χ2v) is 10.6. The van der Waals surface area contributed by atoms with Crippen molar-refractivity contribution >= 4 is 39.3 Å². The normalized spacial score (nSPS) is 17.6. The molecule has 1 aromatic heterocycles. The Bertz CT molecular complexity index is 1860. The smallest absolute Gasteiger partial charge is 0.254 e. The fourth-order valence-electron chi connectivity index (χ4n) is 6.82. The van der Waals surface area contributed by atoms with Crippen LogP contribution < -0.4 is 14.8 Å². The van der Waals surface area contributed by atoms with Gasteiger partial charge in [0.2, 0.25) is 5.91 Å². The monoisotopic (exact) mass is 545 g/mol. The summed E-state index contributed by atoms with van der Waals surface area (Å²) >= 11 is 0. The van der Waals surface area contributed by atoms with E-state index in [2.05, 4.69) is 53.2 Å². The highest BCUT2D eigenvalue weighted by atomic mass is 16.5. The number of benzene rings is 4. The Labute approximate surface area is 238 Å². The summed E-state index contributed by atoms with van der Waals surface area (Å²) < 4.78 is 13.4. The van der Waals surface area contributed by atoms with Crippen LogP contribution in [0.1, 0.15) is 45.9 Å². The summed E-state index contributed by atoms with van der Waals surface area (Å²) in [6.07, 6.45) is 0.744. The number of para-hydroxylation sites is 1. The van der Waals surface area contributed by atoms with Crippen molar-refractivity contribution in [3.63, 3.8) is 0 Å². The summed E-state index contributed by atoms with van der Waals surface area (Å²) in [4.78, 5) is 30.1. The van der Waals surface area contributed by atoms with Gasteiger partial charge in [-0.25, -0.2) is 0 Å². The third-order valence-corrected chi connectivity index (χ3v) is 8.67. The Balaban J connectivity index is 1.36. The number of carbonyl (C=O) groups is 2. The van der Waals surface area contributed by atoms with Crippen molar-refractivity contribution in [2.24, 2.45) is 0 Å². The Morgan fingerprint density at radius 3 is 2.41 bits per heavy atom. The number of nitrogens with zero attached hydrogens (tertiary/aromatic N) is 2. The van der Waals surface area contributed by atoms with Gasteiger partial charge in [0.05, 0.1) is 26.2 Å². The lowest BCUT2D eigenvalue weighted by Crippen LogP contribution is -2.49. The summed E-state index contributed by atoms with van der Waals surface area (Å²) in [5.41, 5.74) is 6.31. The SMILES string of the molecule is CCn1c2ccccc2c2cc(NC(=O)[C@H]3c4cc(OC)c(OC)cc4C(=O)N4CCc5ccccc5[C@H]34)ccc21. The molecule has 2 amide bonds. The standard InChI is InChI=1S/C34H31N3O4/c1-4-36-27-12-8-7-11-23(27)24-17-21(13-14-28(24)36)35-33(38)31-25-18-29(40-2)30(41-3)19-26(25)34(39)37-16-15-20-9-5-6-10-22(20)32(31)37/h5-14,17-19,31-32H,4,15-16H2,1-3H3,(H,35,38)/t31-,32+/m0/s1. The number of rotatable bonds is 5. The molecular weight excluding hydrogens is 514 g/mol. The molecule has 4 aromatic carbocycles. The summed E-state index contributed by atoms with van der Waals surface area (Å²) in [6, 6.07) is 25.6. The van der Waals surface area contributed by atoms with Gasteiger partial charge in [0.1, 0.15) is 0 Å². The number of aromatic nitrogens is 1. The molecule has 0 spiro atoms. The molecule has 0 fully saturated rings. The highest BCUT2D eigenvalue weighted by molar-refractivity contribution is 6.11. The zero-order valence-electron chi connectivity index (χ0n) is 23.3. The highest BCUT2D eigenvalue weighted by Crippen LogP contribution is 2.49. The number of amides is 2. The van der Waals surface area contributed by atoms with Gasteiger partial charge in [-0.15, -0.1) is 0 Å². The van der Waals surface area contributed by atoms with Gasteiger partial charge in [-0.2, -0.15) is 0 Å². The first-order valence-electron chi connectivity index (χ1n) is 14.0. The van der Waals surface area contributed by atoms with Gasteiger partial charge >= 0.3 is 0 Å². The number of methoxy groups -OCH3 is 2. The third-order valence-electron chi connectivity index (χ3n) is 8.67. The van der Waals surface area contributed by atoms with Crippen molar-refractivity contribution in [3.8, 4) is 11.5 Å². The van der Waals surface area contributed by atoms with Crippen molar-refractivity contribution in [1.29, 1.82) is 0 Å². The molecule has 0 saturated carbocycles. The Morgan fingerprint density at radius 2 is 1.61 bits per heavy atom. The van der Waals surface area contributed by atoms with Crippen LogP contribution in [0.4, 0.5) is 5.69 Å². The Hall–Kier alpha value is -4.78. The minimum Gasteiger partial charge on any atom is -0.493 e. The van der Waals surface area contributed by atoms with E-state index in [0.29, 0.717) is 29.2 Å². The van der Waals surface area contributed by atoms with E-state index in [-0.39, 0.29) is 11.8 Å². The molecule has 0 aliphatic carbocycles. The summed E-state index contributed by atoms with van der Waals surface area (Å²) in [5, 5.41) is 5.47. The fraction of sp³-hybridized carbons (Fsp3) is 0.235. The quantitative estimate of drug-likeness (QED) is 0.281. The van der Waals surface area contributed by atoms with E-state index < -0.39 is 12.0 Å². The fourth-order valence-corrected chi connectivity index (χ4v) is 6.82. The molecule has 5 aromatic rings. The zero-order chi connectivity index (χ0) is 28.2. The number of hydrogen-bond donors (Lipinski definition) is 1. The van der Waals surface area contributed by atoms with Crippen LogP contribution in [0, 0.1) is 0 Å². The summed E-state index contributed by atoms with van der Waals surface area (Å²) in [5.74, 6) is 0.0433. The number of ether oxygens (including phenoxy) is 2. The maximum atomic E-state index is 14.4. The maximum absolute atomic E-state index is 14.4. The molecule has 7 nitrogen and oxygen atoms in total. The molecule has 0 radical (unpaired) electrons. The van der Waals surface area contributed by atoms with Crippen LogP contribution in [0.3, 0.4) is 0 Å². The number of hydrogen-bond acceptors (Lipinski definition) is 4. The van der Waals surface area contributed by atoms with E-state index in [9.17, 15) is 9.59 Å². The van der Waals surface area contributed by atoms with Crippen LogP contribution in [-0.4, -0.2) is 42.0 Å². The average Bonchev–Trinajstić information content (AvgIpc) is 3.33. The van der Waals surface area contributed by atoms with Crippen LogP contribution in [-0.2, 0) is 17.8 Å². The topological polar surface area (TPSA) is 72.8 Å². The van der Waals surface area contributed by atoms with Crippen molar-refractivity contribution in [2.75, 3.05) is 26.1 Å². The molecule has 2 atom stereocenters. The molecule has 0 unspecified atom stereocenters. The Morgan fingerprint density at radius 1 is 0.878 bits per heavy atom. The first-order valence-corrected chi connectivity index (χ1v) is 14.0. The Kier molecular flexibility index (Phi) is 5.96. The molecule has 3 heterocycles. The average molecular weight is 546 g/mol. The van der Waals surface area contributed by atoms with Crippen LogP contribution in [0.5, 0.6) is 11.5 Å². The van der Waals surface area contributed by atoms with Gasteiger partial charge < -0.3 is 24.3 Å². The molecule has 2 aliphatic heterocycles. The molecule has 7 heteroatoms. The molecular formula is C34H31N3O4. The van der Waals surface area contributed by atoms with E-state index in [0.717, 1.165) is 46.1 Å². The summed E-state index contributed by atoms with van der Waals surface area (Å²) in [7, 11) is 3.11. The predicted octanol–water partition coefficient (Wildman–Crippen LogP) is 6.31. The number of aryl methyl sites for hydroxylation is 1. The first kappa shape index (κ1) is 25.2. The van der Waals surface area contributed by atoms with Gasteiger partial charge in [-0.05, 0) is 66.4 Å². The van der Waals surface area contributed by atoms with Crippen LogP contribution >= 0.6 is 0 Å². The molecule has 7 rings (SSSR count). The second kappa shape index (κ2) is 9.70. The minimum atomic E-state index is -0.642. The lowest BCUT2D eigenvalue weighted by Gasteiger charge is -2.45. The molecule has 1 N–H and O–H groups in total. The van der Waals surface area contributed by atoms with E-state index in [1.165, 1.54) is 5.52 Å². The zero-order valence-corrected chi connectivity index (χ0v) is 23.3. The van der Waals surface area contributed by atoms with Gasteiger partial charge in [-0.1, -0.05) is 42.5 Å². The lowest BCUT2D eigenvalue weighted by molar-refractivity contribution is -0.119. The van der Waals surface area contributed by atoms with Crippen molar-refractivity contribution in [1.82, 2.24) is 9.47 Å². The van der Waals surface area contributed by atoms with E-state index in [1.54, 1.807) is 26.4 Å². The molecule has 0 saturated heterocycles. The largest absolute Gasteiger partial charge is 0.493 e. The number of carbonyl (C=O) groups excluding carboxylic acids is 2. The van der Waals surface area contributed by atoms with Crippen LogP contribution in [0.2, 0.25) is 0 Å². The van der Waals surface area contributed by atoms with Gasteiger partial charge in [0.15, 0.2) is 11.5 Å². The van der Waals surface area contributed by atoms with Crippen LogP contribution in [0.15, 0.2) is 78.9 Å². The predicted molar refractivity (Wildman–Crippen MR) is 160 cm³/mol. The van der Waals surface area contributed by atoms with Crippen molar-refractivity contribution in [3.05, 3.63) is 101 Å². The second-order valence-electron chi connectivity index (χ2n) is 10.6. The number of fused-ring (bicyclic) bond motifs is 7. The first-order chi connectivity index (χ1) is 20.0. The highest BCUT2D eigenvalue weighted by Gasteiger charge is 2.47. The number of anilines is 1.